The largest absolute Gasteiger partial charge is 0.479 e. The molecule has 6 nitrogen and oxygen atoms in total. The first kappa shape index (κ1) is 17.2. The van der Waals surface area contributed by atoms with E-state index in [1.54, 1.807) is 32.0 Å². The highest BCUT2D eigenvalue weighted by atomic mass is 32.2. The molecule has 0 radical (unpaired) electrons. The fourth-order valence-electron chi connectivity index (χ4n) is 2.60. The van der Waals surface area contributed by atoms with Crippen molar-refractivity contribution in [3.8, 4) is 5.75 Å². The van der Waals surface area contributed by atoms with Gasteiger partial charge in [-0.15, -0.1) is 0 Å². The Morgan fingerprint density at radius 2 is 1.92 bits per heavy atom. The molecule has 1 unspecified atom stereocenters. The van der Waals surface area contributed by atoms with Crippen LogP contribution in [0.15, 0.2) is 36.4 Å². The van der Waals surface area contributed by atoms with E-state index < -0.39 is 21.9 Å². The summed E-state index contributed by atoms with van der Waals surface area (Å²) in [5, 5.41) is 0. The lowest BCUT2D eigenvalue weighted by Gasteiger charge is -2.33. The van der Waals surface area contributed by atoms with Gasteiger partial charge in [0.2, 0.25) is 10.0 Å². The highest BCUT2D eigenvalue weighted by molar-refractivity contribution is 7.92. The van der Waals surface area contributed by atoms with E-state index in [0.717, 1.165) is 6.26 Å². The number of hydrogen-bond acceptors (Lipinski definition) is 4. The van der Waals surface area contributed by atoms with Gasteiger partial charge in [-0.2, -0.15) is 0 Å². The third-order valence-electron chi connectivity index (χ3n) is 3.79. The molecule has 1 N–H and O–H groups in total. The fraction of sp³-hybridized carbons (Fsp3) is 0.235. The molecule has 1 aliphatic rings. The summed E-state index contributed by atoms with van der Waals surface area (Å²) in [6.07, 6.45) is 0.256. The summed E-state index contributed by atoms with van der Waals surface area (Å²) < 4.78 is 44.6. The molecule has 0 aliphatic carbocycles. The van der Waals surface area contributed by atoms with Crippen LogP contribution in [-0.2, 0) is 14.8 Å². The number of nitrogens with zero attached hydrogens (tertiary/aromatic N) is 1. The highest BCUT2D eigenvalue weighted by Crippen LogP contribution is 2.40. The number of ether oxygens (including phenoxy) is 1. The maximum absolute atomic E-state index is 13.9. The van der Waals surface area contributed by atoms with Crippen molar-refractivity contribution in [2.45, 2.75) is 20.0 Å². The van der Waals surface area contributed by atoms with Crippen molar-refractivity contribution in [3.05, 3.63) is 47.8 Å². The van der Waals surface area contributed by atoms with Gasteiger partial charge in [0.25, 0.3) is 5.91 Å². The summed E-state index contributed by atoms with van der Waals surface area (Å²) >= 11 is 0. The van der Waals surface area contributed by atoms with E-state index in [-0.39, 0.29) is 5.91 Å². The van der Waals surface area contributed by atoms with Crippen LogP contribution in [-0.4, -0.2) is 26.7 Å². The number of aryl methyl sites for hydroxylation is 1. The number of anilines is 3. The number of hydrogen-bond donors (Lipinski definition) is 1. The number of amides is 1. The molecule has 0 saturated heterocycles. The summed E-state index contributed by atoms with van der Waals surface area (Å²) in [6, 6.07) is 9.11. The number of benzene rings is 2. The molecular weight excluding hydrogens is 347 g/mol. The van der Waals surface area contributed by atoms with Crippen molar-refractivity contribution >= 4 is 33.0 Å². The molecule has 0 aromatic heterocycles. The van der Waals surface area contributed by atoms with Crippen LogP contribution in [0.5, 0.6) is 5.75 Å². The normalized spacial score (nSPS) is 17.0. The number of nitrogens with one attached hydrogen (secondary N) is 1. The van der Waals surface area contributed by atoms with Crippen LogP contribution < -0.4 is 14.4 Å². The Hall–Kier alpha value is -2.61. The maximum atomic E-state index is 13.9. The van der Waals surface area contributed by atoms with Gasteiger partial charge in [0.1, 0.15) is 11.6 Å². The molecule has 2 aromatic rings. The SMILES string of the molecule is Cc1ccc(N2C(=O)C(C)Oc3cc(NS(C)(=O)=O)ccc32)cc1F. The van der Waals surface area contributed by atoms with E-state index >= 15 is 0 Å². The van der Waals surface area contributed by atoms with Gasteiger partial charge in [0.15, 0.2) is 6.10 Å². The average Bonchev–Trinajstić information content (AvgIpc) is 2.50. The van der Waals surface area contributed by atoms with Crippen LogP contribution in [0.25, 0.3) is 0 Å². The summed E-state index contributed by atoms with van der Waals surface area (Å²) in [6.45, 7) is 3.22. The first-order valence-electron chi connectivity index (χ1n) is 7.54. The minimum Gasteiger partial charge on any atom is -0.479 e. The number of rotatable bonds is 3. The van der Waals surface area contributed by atoms with Crippen molar-refractivity contribution in [1.29, 1.82) is 0 Å². The molecule has 1 atom stereocenters. The average molecular weight is 364 g/mol. The van der Waals surface area contributed by atoms with Gasteiger partial charge in [-0.1, -0.05) is 6.07 Å². The molecule has 0 spiro atoms. The lowest BCUT2D eigenvalue weighted by molar-refractivity contribution is -0.124. The molecule has 132 valence electrons. The van der Waals surface area contributed by atoms with E-state index in [1.165, 1.54) is 23.1 Å². The minimum atomic E-state index is -3.44. The Kier molecular flexibility index (Phi) is 4.16. The van der Waals surface area contributed by atoms with Gasteiger partial charge >= 0.3 is 0 Å². The molecule has 3 rings (SSSR count). The molecule has 2 aromatic carbocycles. The lowest BCUT2D eigenvalue weighted by Crippen LogP contribution is -2.41. The summed E-state index contributed by atoms with van der Waals surface area (Å²) in [5.74, 6) is -0.414. The van der Waals surface area contributed by atoms with E-state index in [2.05, 4.69) is 4.72 Å². The summed E-state index contributed by atoms with van der Waals surface area (Å²) in [5.41, 5.74) is 1.60. The topological polar surface area (TPSA) is 75.7 Å². The van der Waals surface area contributed by atoms with Crippen LogP contribution in [0, 0.1) is 12.7 Å². The van der Waals surface area contributed by atoms with Gasteiger partial charge in [-0.3, -0.25) is 14.4 Å². The fourth-order valence-corrected chi connectivity index (χ4v) is 3.15. The van der Waals surface area contributed by atoms with Crippen LogP contribution in [0.1, 0.15) is 12.5 Å². The quantitative estimate of drug-likeness (QED) is 0.909. The van der Waals surface area contributed by atoms with Crippen molar-refractivity contribution in [1.82, 2.24) is 0 Å². The molecule has 1 aliphatic heterocycles. The highest BCUT2D eigenvalue weighted by Gasteiger charge is 2.33. The Bertz CT molecular complexity index is 959. The second kappa shape index (κ2) is 6.03. The predicted molar refractivity (Wildman–Crippen MR) is 93.3 cm³/mol. The molecule has 0 saturated carbocycles. The van der Waals surface area contributed by atoms with Crippen molar-refractivity contribution in [2.24, 2.45) is 0 Å². The van der Waals surface area contributed by atoms with Crippen molar-refractivity contribution in [2.75, 3.05) is 15.9 Å². The third-order valence-corrected chi connectivity index (χ3v) is 4.40. The smallest absolute Gasteiger partial charge is 0.272 e. The zero-order chi connectivity index (χ0) is 18.4. The predicted octanol–water partition coefficient (Wildman–Crippen LogP) is 2.95. The van der Waals surface area contributed by atoms with Crippen LogP contribution >= 0.6 is 0 Å². The molecular formula is C17H17FN2O4S. The second-order valence-corrected chi connectivity index (χ2v) is 7.67. The monoisotopic (exact) mass is 364 g/mol. The van der Waals surface area contributed by atoms with Crippen molar-refractivity contribution < 1.29 is 22.3 Å². The number of halogens is 1. The molecule has 1 amide bonds. The Balaban J connectivity index is 2.09. The summed E-state index contributed by atoms with van der Waals surface area (Å²) in [4.78, 5) is 13.9. The molecule has 1 heterocycles. The third kappa shape index (κ3) is 3.43. The molecule has 0 fully saturated rings. The van der Waals surface area contributed by atoms with Gasteiger partial charge < -0.3 is 4.74 Å². The minimum absolute atomic E-state index is 0.317. The van der Waals surface area contributed by atoms with E-state index in [0.29, 0.717) is 28.4 Å². The van der Waals surface area contributed by atoms with E-state index in [1.807, 2.05) is 0 Å². The van der Waals surface area contributed by atoms with Gasteiger partial charge in [-0.05, 0) is 43.7 Å². The van der Waals surface area contributed by atoms with Gasteiger partial charge in [-0.25, -0.2) is 12.8 Å². The first-order chi connectivity index (χ1) is 11.7. The van der Waals surface area contributed by atoms with Crippen LogP contribution in [0.3, 0.4) is 0 Å². The van der Waals surface area contributed by atoms with E-state index in [4.69, 9.17) is 4.74 Å². The number of carbonyl (C=O) groups excluding carboxylic acids is 1. The number of carbonyl (C=O) groups is 1. The van der Waals surface area contributed by atoms with E-state index in [9.17, 15) is 17.6 Å². The molecule has 8 heteroatoms. The Labute approximate surface area is 145 Å². The number of fused-ring (bicyclic) bond motifs is 1. The van der Waals surface area contributed by atoms with Gasteiger partial charge in [0.05, 0.1) is 23.3 Å². The Morgan fingerprint density at radius 3 is 2.56 bits per heavy atom. The van der Waals surface area contributed by atoms with Crippen LogP contribution in [0.2, 0.25) is 0 Å². The first-order valence-corrected chi connectivity index (χ1v) is 9.43. The molecule has 25 heavy (non-hydrogen) atoms. The maximum Gasteiger partial charge on any atom is 0.272 e. The zero-order valence-corrected chi connectivity index (χ0v) is 14.7. The molecule has 0 bridgehead atoms. The van der Waals surface area contributed by atoms with Crippen LogP contribution in [0.4, 0.5) is 21.5 Å². The van der Waals surface area contributed by atoms with Crippen molar-refractivity contribution in [3.63, 3.8) is 0 Å². The van der Waals surface area contributed by atoms with Gasteiger partial charge in [0, 0.05) is 6.07 Å². The standard InChI is InChI=1S/C17H17FN2O4S/c1-10-4-6-13(9-14(10)18)20-15-7-5-12(19-25(3,22)23)8-16(15)24-11(2)17(20)21/h4-9,11,19H,1-3H3. The Morgan fingerprint density at radius 1 is 1.20 bits per heavy atom. The number of sulfonamides is 1. The zero-order valence-electron chi connectivity index (χ0n) is 13.9. The lowest BCUT2D eigenvalue weighted by atomic mass is 10.1. The summed E-state index contributed by atoms with van der Waals surface area (Å²) in [7, 11) is -3.44. The second-order valence-electron chi connectivity index (χ2n) is 5.92.